The Morgan fingerprint density at radius 3 is 2.69 bits per heavy atom. The number of benzene rings is 3. The molecule has 2 heterocycles. The molecule has 1 aliphatic rings. The summed E-state index contributed by atoms with van der Waals surface area (Å²) >= 11 is 7.78. The van der Waals surface area contributed by atoms with Crippen molar-refractivity contribution in [1.29, 1.82) is 0 Å². The van der Waals surface area contributed by atoms with Crippen molar-refractivity contribution in [2.24, 2.45) is 0 Å². The van der Waals surface area contributed by atoms with Gasteiger partial charge >= 0.3 is 0 Å². The summed E-state index contributed by atoms with van der Waals surface area (Å²) < 4.78 is 8.82. The first-order chi connectivity index (χ1) is 14.0. The molecule has 0 amide bonds. The van der Waals surface area contributed by atoms with E-state index in [4.69, 9.17) is 17.0 Å². The molecular formula is C24H22N2OS2. The van der Waals surface area contributed by atoms with Gasteiger partial charge in [0, 0.05) is 22.2 Å². The van der Waals surface area contributed by atoms with Crippen LogP contribution in [0.3, 0.4) is 0 Å². The molecule has 5 rings (SSSR count). The van der Waals surface area contributed by atoms with E-state index in [0.717, 1.165) is 32.9 Å². The molecule has 0 unspecified atom stereocenters. The van der Waals surface area contributed by atoms with Crippen LogP contribution in [0.1, 0.15) is 25.6 Å². The topological polar surface area (TPSA) is 26.2 Å². The standard InChI is InChI=1S/C24H22N2OS2/c1-4-27-16-12-13-19-18(14-16)21-22(24(2,3)25-19)29-26(23(21)28)20-11-7-9-15-8-5-6-10-17(15)20/h5-14,25H,4H2,1-3H3. The fraction of sp³-hybridized carbons (Fsp3) is 0.208. The van der Waals surface area contributed by atoms with Crippen molar-refractivity contribution in [3.8, 4) is 22.6 Å². The number of ether oxygens (including phenoxy) is 1. The lowest BCUT2D eigenvalue weighted by Gasteiger charge is -2.33. The maximum Gasteiger partial charge on any atom is 0.129 e. The van der Waals surface area contributed by atoms with Gasteiger partial charge in [0.05, 0.1) is 22.7 Å². The predicted molar refractivity (Wildman–Crippen MR) is 125 cm³/mol. The number of fused-ring (bicyclic) bond motifs is 4. The van der Waals surface area contributed by atoms with Crippen molar-refractivity contribution in [1.82, 2.24) is 3.96 Å². The highest BCUT2D eigenvalue weighted by molar-refractivity contribution is 7.71. The summed E-state index contributed by atoms with van der Waals surface area (Å²) in [4.78, 5) is 1.25. The number of rotatable bonds is 3. The summed E-state index contributed by atoms with van der Waals surface area (Å²) in [7, 11) is 0. The summed E-state index contributed by atoms with van der Waals surface area (Å²) in [6.45, 7) is 7.07. The molecule has 1 aliphatic heterocycles. The molecule has 0 spiro atoms. The quantitative estimate of drug-likeness (QED) is 0.358. The molecule has 0 bridgehead atoms. The van der Waals surface area contributed by atoms with Crippen LogP contribution in [0.5, 0.6) is 5.75 Å². The molecule has 3 aromatic carbocycles. The molecule has 146 valence electrons. The van der Waals surface area contributed by atoms with Gasteiger partial charge in [-0.3, -0.25) is 3.96 Å². The first-order valence-corrected chi connectivity index (χ1v) is 11.0. The average Bonchev–Trinajstić information content (AvgIpc) is 3.07. The molecule has 1 aromatic heterocycles. The van der Waals surface area contributed by atoms with Crippen molar-refractivity contribution >= 4 is 40.2 Å². The third-order valence-corrected chi connectivity index (χ3v) is 7.34. The molecule has 29 heavy (non-hydrogen) atoms. The van der Waals surface area contributed by atoms with E-state index in [2.05, 4.69) is 77.7 Å². The van der Waals surface area contributed by atoms with Gasteiger partial charge in [-0.2, -0.15) is 0 Å². The third-order valence-electron chi connectivity index (χ3n) is 5.38. The molecule has 4 aromatic rings. The zero-order valence-corrected chi connectivity index (χ0v) is 18.3. The van der Waals surface area contributed by atoms with Crippen molar-refractivity contribution in [2.45, 2.75) is 26.3 Å². The van der Waals surface area contributed by atoms with Gasteiger partial charge in [-0.15, -0.1) is 0 Å². The Balaban J connectivity index is 1.79. The summed E-state index contributed by atoms with van der Waals surface area (Å²) in [5, 5.41) is 6.11. The number of hydrogen-bond donors (Lipinski definition) is 1. The number of anilines is 1. The Hall–Kier alpha value is -2.63. The van der Waals surface area contributed by atoms with Crippen LogP contribution in [0.2, 0.25) is 0 Å². The van der Waals surface area contributed by atoms with Crippen LogP contribution in [-0.4, -0.2) is 10.6 Å². The second-order valence-corrected chi connectivity index (χ2v) is 9.13. The zero-order chi connectivity index (χ0) is 20.2. The van der Waals surface area contributed by atoms with Crippen LogP contribution in [0.25, 0.3) is 27.6 Å². The summed E-state index contributed by atoms with van der Waals surface area (Å²) in [6.07, 6.45) is 0. The highest BCUT2D eigenvalue weighted by Crippen LogP contribution is 2.48. The van der Waals surface area contributed by atoms with Gasteiger partial charge in [0.1, 0.15) is 10.4 Å². The first-order valence-electron chi connectivity index (χ1n) is 9.80. The number of nitrogens with one attached hydrogen (secondary N) is 1. The van der Waals surface area contributed by atoms with E-state index in [9.17, 15) is 0 Å². The van der Waals surface area contributed by atoms with E-state index in [1.165, 1.54) is 15.6 Å². The monoisotopic (exact) mass is 418 g/mol. The van der Waals surface area contributed by atoms with Crippen LogP contribution in [0.4, 0.5) is 5.69 Å². The van der Waals surface area contributed by atoms with Gasteiger partial charge in [-0.05, 0) is 50.4 Å². The maximum absolute atomic E-state index is 6.05. The SMILES string of the molecule is CCOc1ccc2c(c1)-c1c(sn(-c3cccc4ccccc34)c1=S)C(C)(C)N2. The lowest BCUT2D eigenvalue weighted by atomic mass is 9.89. The highest BCUT2D eigenvalue weighted by atomic mass is 32.1. The summed E-state index contributed by atoms with van der Waals surface area (Å²) in [5.74, 6) is 0.871. The molecule has 3 nitrogen and oxygen atoms in total. The molecular weight excluding hydrogens is 396 g/mol. The van der Waals surface area contributed by atoms with Gasteiger partial charge in [-0.25, -0.2) is 0 Å². The highest BCUT2D eigenvalue weighted by Gasteiger charge is 2.35. The van der Waals surface area contributed by atoms with Gasteiger partial charge in [-0.1, -0.05) is 60.1 Å². The maximum atomic E-state index is 6.05. The largest absolute Gasteiger partial charge is 0.494 e. The van der Waals surface area contributed by atoms with Gasteiger partial charge in [0.25, 0.3) is 0 Å². The van der Waals surface area contributed by atoms with E-state index in [1.54, 1.807) is 11.5 Å². The number of aromatic nitrogens is 1. The van der Waals surface area contributed by atoms with Gasteiger partial charge in [0.2, 0.25) is 0 Å². The van der Waals surface area contributed by atoms with Gasteiger partial charge in [0.15, 0.2) is 0 Å². The van der Waals surface area contributed by atoms with Crippen molar-refractivity contribution in [2.75, 3.05) is 11.9 Å². The normalized spacial score (nSPS) is 14.2. The smallest absolute Gasteiger partial charge is 0.129 e. The zero-order valence-electron chi connectivity index (χ0n) is 16.7. The minimum absolute atomic E-state index is 0.205. The van der Waals surface area contributed by atoms with E-state index in [-0.39, 0.29) is 5.54 Å². The fourth-order valence-electron chi connectivity index (χ4n) is 4.07. The van der Waals surface area contributed by atoms with Crippen molar-refractivity contribution < 1.29 is 4.74 Å². The molecule has 0 saturated heterocycles. The Labute approximate surface area is 179 Å². The lowest BCUT2D eigenvalue weighted by molar-refractivity contribution is 0.340. The molecule has 0 aliphatic carbocycles. The Morgan fingerprint density at radius 2 is 1.86 bits per heavy atom. The third kappa shape index (κ3) is 2.88. The average molecular weight is 419 g/mol. The lowest BCUT2D eigenvalue weighted by Crippen LogP contribution is -2.30. The van der Waals surface area contributed by atoms with E-state index in [0.29, 0.717) is 6.61 Å². The molecule has 1 N–H and O–H groups in total. The Kier molecular flexibility index (Phi) is 4.26. The second kappa shape index (κ2) is 6.71. The van der Waals surface area contributed by atoms with E-state index >= 15 is 0 Å². The fourth-order valence-corrected chi connectivity index (χ4v) is 5.75. The molecule has 5 heteroatoms. The minimum Gasteiger partial charge on any atom is -0.494 e. The van der Waals surface area contributed by atoms with Crippen molar-refractivity contribution in [3.05, 3.63) is 70.2 Å². The first kappa shape index (κ1) is 18.4. The molecule has 0 radical (unpaired) electrons. The van der Waals surface area contributed by atoms with E-state index < -0.39 is 0 Å². The Bertz CT molecular complexity index is 1290. The summed E-state index contributed by atoms with van der Waals surface area (Å²) in [5.41, 5.74) is 4.28. The van der Waals surface area contributed by atoms with Crippen LogP contribution < -0.4 is 10.1 Å². The number of nitrogens with zero attached hydrogens (tertiary/aromatic N) is 1. The van der Waals surface area contributed by atoms with Crippen LogP contribution in [0.15, 0.2) is 60.7 Å². The minimum atomic E-state index is -0.205. The van der Waals surface area contributed by atoms with Gasteiger partial charge < -0.3 is 10.1 Å². The van der Waals surface area contributed by atoms with E-state index in [1.807, 2.05) is 13.0 Å². The molecule has 0 saturated carbocycles. The Morgan fingerprint density at radius 1 is 1.07 bits per heavy atom. The second-order valence-electron chi connectivity index (χ2n) is 7.78. The predicted octanol–water partition coefficient (Wildman–Crippen LogP) is 7.15. The summed E-state index contributed by atoms with van der Waals surface area (Å²) in [6, 6.07) is 21.1. The number of hydrogen-bond acceptors (Lipinski definition) is 4. The van der Waals surface area contributed by atoms with Crippen LogP contribution in [-0.2, 0) is 5.54 Å². The molecule has 0 atom stereocenters. The molecule has 0 fully saturated rings. The van der Waals surface area contributed by atoms with Crippen LogP contribution >= 0.6 is 23.8 Å². The van der Waals surface area contributed by atoms with Crippen molar-refractivity contribution in [3.63, 3.8) is 0 Å². The van der Waals surface area contributed by atoms with Crippen LogP contribution in [0, 0.1) is 4.64 Å².